The molecule has 0 saturated heterocycles. The Labute approximate surface area is 340 Å². The summed E-state index contributed by atoms with van der Waals surface area (Å²) in [5, 5.41) is 15.1. The van der Waals surface area contributed by atoms with Crippen molar-refractivity contribution in [3.05, 3.63) is 176 Å². The number of pyridine rings is 2. The molecule has 0 unspecified atom stereocenters. The van der Waals surface area contributed by atoms with E-state index in [9.17, 15) is 0 Å². The van der Waals surface area contributed by atoms with Gasteiger partial charge in [-0.1, -0.05) is 44.2 Å². The fraction of sp³-hybridized carbons (Fsp3) is 0.122. The van der Waals surface area contributed by atoms with Gasteiger partial charge in [0, 0.05) is 77.3 Å². The molecule has 0 aliphatic carbocycles. The smallest absolute Gasteiger partial charge is 0.124 e. The second-order valence-corrected chi connectivity index (χ2v) is 11.7. The summed E-state index contributed by atoms with van der Waals surface area (Å²) in [4.78, 5) is 17.2. The predicted octanol–water partition coefficient (Wildman–Crippen LogP) is 8.19. The minimum Gasteiger partial charge on any atom is -0.579 e. The average molecular weight is 1060 g/mol. The van der Waals surface area contributed by atoms with E-state index in [4.69, 9.17) is 0 Å². The Balaban J connectivity index is 0.000000173. The molecule has 4 aromatic heterocycles. The predicted molar refractivity (Wildman–Crippen MR) is 203 cm³/mol. The number of para-hydroxylation sites is 3. The molecule has 2 aliphatic rings. The third-order valence-electron chi connectivity index (χ3n) is 7.65. The Hall–Kier alpha value is -5.04. The first-order valence-corrected chi connectivity index (χ1v) is 16.4. The maximum atomic E-state index is 4.53. The van der Waals surface area contributed by atoms with Crippen molar-refractivity contribution in [3.63, 3.8) is 0 Å². The summed E-state index contributed by atoms with van der Waals surface area (Å²) >= 11 is 0. The van der Waals surface area contributed by atoms with E-state index in [1.54, 1.807) is 0 Å². The largest absolute Gasteiger partial charge is 0.579 e. The van der Waals surface area contributed by atoms with Gasteiger partial charge in [0.1, 0.15) is 11.6 Å². The van der Waals surface area contributed by atoms with Gasteiger partial charge in [-0.3, -0.25) is 0 Å². The number of benzene rings is 3. The van der Waals surface area contributed by atoms with Gasteiger partial charge in [-0.2, -0.15) is 67.3 Å². The Morgan fingerprint density at radius 1 is 0.547 bits per heavy atom. The van der Waals surface area contributed by atoms with Gasteiger partial charge in [0.15, 0.2) is 0 Å². The second kappa shape index (κ2) is 19.7. The summed E-state index contributed by atoms with van der Waals surface area (Å²) in [6, 6.07) is 44.5. The SMILES string of the molecule is CN1[CH-]N(c2[c-]cccc2)c2ncccc21.Cc1cc(C)[n-]n1.Cc1cc(C)[n-]n1.[Pt].[Pt].[c-]1ccccc1N1[CH-]N(c2ccccc2)c2cccnc21. The Kier molecular flexibility index (Phi) is 15.1. The zero-order valence-electron chi connectivity index (χ0n) is 29.9. The maximum Gasteiger partial charge on any atom is 0.124 e. The molecule has 3 aromatic carbocycles. The van der Waals surface area contributed by atoms with Crippen LogP contribution < -0.4 is 29.8 Å². The topological polar surface area (TPSA) is 92.7 Å². The third-order valence-corrected chi connectivity index (χ3v) is 7.65. The van der Waals surface area contributed by atoms with Crippen LogP contribution in [0.25, 0.3) is 0 Å². The minimum absolute atomic E-state index is 0. The van der Waals surface area contributed by atoms with E-state index >= 15 is 0 Å². The number of hydrogen-bond donors (Lipinski definition) is 0. The van der Waals surface area contributed by atoms with Gasteiger partial charge in [0.2, 0.25) is 0 Å². The van der Waals surface area contributed by atoms with Crippen molar-refractivity contribution in [1.29, 1.82) is 0 Å². The van der Waals surface area contributed by atoms with Crippen molar-refractivity contribution >= 4 is 40.1 Å². The van der Waals surface area contributed by atoms with E-state index in [1.807, 2.05) is 150 Å². The van der Waals surface area contributed by atoms with Crippen LogP contribution >= 0.6 is 0 Å². The molecule has 0 bridgehead atoms. The molecular weight excluding hydrogens is 1020 g/mol. The Morgan fingerprint density at radius 2 is 1.04 bits per heavy atom. The molecule has 0 atom stereocenters. The molecule has 0 saturated carbocycles. The van der Waals surface area contributed by atoms with Crippen molar-refractivity contribution in [2.24, 2.45) is 0 Å². The molecule has 2 aliphatic heterocycles. The van der Waals surface area contributed by atoms with Crippen LogP contribution in [0.4, 0.5) is 40.1 Å². The minimum atomic E-state index is 0. The van der Waals surface area contributed by atoms with Gasteiger partial charge in [0.25, 0.3) is 0 Å². The van der Waals surface area contributed by atoms with Crippen LogP contribution in [-0.2, 0) is 42.1 Å². The molecule has 9 rings (SSSR count). The number of aryl methyl sites for hydroxylation is 4. The van der Waals surface area contributed by atoms with Crippen molar-refractivity contribution in [2.75, 3.05) is 26.6 Å². The number of nitrogens with zero attached hydrogens (tertiary/aromatic N) is 10. The Morgan fingerprint density at radius 3 is 1.49 bits per heavy atom. The summed E-state index contributed by atoms with van der Waals surface area (Å²) in [6.07, 6.45) is 3.62. The average Bonchev–Trinajstić information content (AvgIpc) is 3.95. The second-order valence-electron chi connectivity index (χ2n) is 11.7. The number of hydrogen-bond acceptors (Lipinski definition) is 8. The quantitative estimate of drug-likeness (QED) is 0.162. The third kappa shape index (κ3) is 10.5. The normalized spacial score (nSPS) is 12.0. The molecular formula is C41H38N10Pt2-6. The molecule has 10 nitrogen and oxygen atoms in total. The fourth-order valence-electron chi connectivity index (χ4n) is 5.38. The van der Waals surface area contributed by atoms with Gasteiger partial charge in [-0.05, 0) is 57.3 Å². The molecule has 0 spiro atoms. The first kappa shape index (κ1) is 40.7. The van der Waals surface area contributed by atoms with Gasteiger partial charge >= 0.3 is 0 Å². The van der Waals surface area contributed by atoms with E-state index < -0.39 is 0 Å². The number of rotatable bonds is 3. The van der Waals surface area contributed by atoms with Crippen molar-refractivity contribution < 1.29 is 42.1 Å². The van der Waals surface area contributed by atoms with Crippen LogP contribution in [0.5, 0.6) is 0 Å². The van der Waals surface area contributed by atoms with E-state index in [1.165, 1.54) is 0 Å². The van der Waals surface area contributed by atoms with Crippen LogP contribution in [0.2, 0.25) is 0 Å². The van der Waals surface area contributed by atoms with E-state index in [-0.39, 0.29) is 42.1 Å². The van der Waals surface area contributed by atoms with E-state index in [0.29, 0.717) is 0 Å². The molecule has 278 valence electrons. The molecule has 0 amide bonds. The molecule has 53 heavy (non-hydrogen) atoms. The zero-order valence-corrected chi connectivity index (χ0v) is 34.4. The summed E-state index contributed by atoms with van der Waals surface area (Å²) in [5.41, 5.74) is 9.28. The molecule has 12 heteroatoms. The maximum absolute atomic E-state index is 4.53. The van der Waals surface area contributed by atoms with Gasteiger partial charge < -0.3 is 40.0 Å². The number of aromatic nitrogens is 6. The molecule has 0 N–H and O–H groups in total. The molecule has 0 fully saturated rings. The van der Waals surface area contributed by atoms with Crippen LogP contribution in [-0.4, -0.2) is 27.2 Å². The first-order chi connectivity index (χ1) is 24.9. The fourth-order valence-corrected chi connectivity index (χ4v) is 5.38. The molecule has 7 aromatic rings. The van der Waals surface area contributed by atoms with Crippen molar-refractivity contribution in [2.45, 2.75) is 27.7 Å². The van der Waals surface area contributed by atoms with Crippen LogP contribution in [0.15, 0.2) is 128 Å². The summed E-state index contributed by atoms with van der Waals surface area (Å²) < 4.78 is 0. The summed E-state index contributed by atoms with van der Waals surface area (Å²) in [5.74, 6) is 1.87. The number of fused-ring (bicyclic) bond motifs is 2. The molecule has 6 heterocycles. The van der Waals surface area contributed by atoms with Crippen molar-refractivity contribution in [1.82, 2.24) is 30.4 Å². The standard InChI is InChI=1S/C18H13N3.C13H11N3.2C5H7N2.2Pt/c1-3-8-15(9-4-1)20-14-21(16-10-5-2-6-11-16)18-17(20)12-7-13-19-18;1-15-10-16(11-6-3-2-4-7-11)13-12(15)8-5-9-14-13;2*1-4-3-5(2)7-6-4;;/h1-10,12-14H;2-6,8-10H,1H3;2*3H,1-2H3;;/q2*-2;2*-1;;. The van der Waals surface area contributed by atoms with E-state index in [0.717, 1.165) is 62.8 Å². The number of anilines is 7. The monoisotopic (exact) mass is 1060 g/mol. The summed E-state index contributed by atoms with van der Waals surface area (Å²) in [6.45, 7) is 11.8. The molecule has 0 radical (unpaired) electrons. The first-order valence-electron chi connectivity index (χ1n) is 16.4. The van der Waals surface area contributed by atoms with Crippen LogP contribution in [0.1, 0.15) is 22.8 Å². The summed E-state index contributed by atoms with van der Waals surface area (Å²) in [7, 11) is 2.02. The van der Waals surface area contributed by atoms with Crippen LogP contribution in [0.3, 0.4) is 0 Å². The zero-order chi connectivity index (χ0) is 35.6. The van der Waals surface area contributed by atoms with Gasteiger partial charge in [0.05, 0.1) is 5.69 Å². The van der Waals surface area contributed by atoms with Crippen molar-refractivity contribution in [3.8, 4) is 0 Å². The van der Waals surface area contributed by atoms with Crippen LogP contribution in [0, 0.1) is 53.2 Å². The Bertz CT molecular complexity index is 1970. The van der Waals surface area contributed by atoms with Gasteiger partial charge in [-0.15, -0.1) is 29.4 Å². The van der Waals surface area contributed by atoms with E-state index in [2.05, 4.69) is 88.1 Å². The van der Waals surface area contributed by atoms with Gasteiger partial charge in [-0.25, -0.2) is 9.97 Å².